The van der Waals surface area contributed by atoms with Gasteiger partial charge in [0.1, 0.15) is 11.3 Å². The lowest BCUT2D eigenvalue weighted by molar-refractivity contribution is -0.384. The Morgan fingerprint density at radius 1 is 1.29 bits per heavy atom. The number of imide groups is 1. The summed E-state index contributed by atoms with van der Waals surface area (Å²) in [7, 11) is 0. The fourth-order valence-corrected chi connectivity index (χ4v) is 2.02. The number of hydrogen-bond donors (Lipinski definition) is 1. The molecule has 8 nitrogen and oxygen atoms in total. The number of hydrogen-bond acceptors (Lipinski definition) is 6. The van der Waals surface area contributed by atoms with E-state index in [2.05, 4.69) is 0 Å². The monoisotopic (exact) mass is 290 g/mol. The summed E-state index contributed by atoms with van der Waals surface area (Å²) in [6.45, 7) is 2.63. The second-order valence-electron chi connectivity index (χ2n) is 4.47. The highest BCUT2D eigenvalue weighted by Gasteiger charge is 2.43. The molecule has 8 heteroatoms. The number of aliphatic hydroxyl groups excluding tert-OH is 1. The molecule has 1 aromatic carbocycles. The SMILES string of the molecule is CC(=O)C1=C(O)C(=O)N(c2ccc(C)cc2[N+](=O)[O-])C1=O. The van der Waals surface area contributed by atoms with E-state index in [0.29, 0.717) is 10.5 Å². The zero-order chi connectivity index (χ0) is 15.9. The Morgan fingerprint density at radius 3 is 2.38 bits per heavy atom. The van der Waals surface area contributed by atoms with E-state index in [1.807, 2.05) is 0 Å². The Kier molecular flexibility index (Phi) is 3.30. The molecular weight excluding hydrogens is 280 g/mol. The molecule has 0 spiro atoms. The molecule has 0 saturated heterocycles. The summed E-state index contributed by atoms with van der Waals surface area (Å²) < 4.78 is 0. The lowest BCUT2D eigenvalue weighted by Gasteiger charge is -2.14. The number of amides is 2. The van der Waals surface area contributed by atoms with Crippen LogP contribution in [0, 0.1) is 17.0 Å². The Bertz CT molecular complexity index is 734. The predicted octanol–water partition coefficient (Wildman–Crippen LogP) is 1.18. The number of nitro benzene ring substituents is 1. The maximum Gasteiger partial charge on any atom is 0.301 e. The molecule has 0 atom stereocenters. The number of carbonyl (C=O) groups is 3. The second kappa shape index (κ2) is 4.82. The highest BCUT2D eigenvalue weighted by atomic mass is 16.6. The van der Waals surface area contributed by atoms with Crippen molar-refractivity contribution in [3.05, 3.63) is 45.2 Å². The molecule has 1 aliphatic heterocycles. The van der Waals surface area contributed by atoms with E-state index in [-0.39, 0.29) is 5.69 Å². The van der Waals surface area contributed by atoms with E-state index in [4.69, 9.17) is 0 Å². The van der Waals surface area contributed by atoms with Crippen molar-refractivity contribution in [2.45, 2.75) is 13.8 Å². The first kappa shape index (κ1) is 14.4. The van der Waals surface area contributed by atoms with Gasteiger partial charge in [0, 0.05) is 6.07 Å². The smallest absolute Gasteiger partial charge is 0.301 e. The lowest BCUT2D eigenvalue weighted by Crippen LogP contribution is -2.33. The van der Waals surface area contributed by atoms with Gasteiger partial charge in [-0.05, 0) is 25.5 Å². The number of Topliss-reactive ketones (excluding diaryl/α,β-unsaturated/α-hetero) is 1. The quantitative estimate of drug-likeness (QED) is 0.386. The summed E-state index contributed by atoms with van der Waals surface area (Å²) in [5, 5.41) is 20.6. The summed E-state index contributed by atoms with van der Waals surface area (Å²) >= 11 is 0. The van der Waals surface area contributed by atoms with Gasteiger partial charge in [-0.2, -0.15) is 0 Å². The van der Waals surface area contributed by atoms with E-state index in [1.165, 1.54) is 18.2 Å². The van der Waals surface area contributed by atoms with Gasteiger partial charge in [-0.25, -0.2) is 4.90 Å². The van der Waals surface area contributed by atoms with Gasteiger partial charge >= 0.3 is 5.91 Å². The molecule has 0 bridgehead atoms. The van der Waals surface area contributed by atoms with Crippen LogP contribution in [0.2, 0.25) is 0 Å². The van der Waals surface area contributed by atoms with Crippen molar-refractivity contribution in [3.8, 4) is 0 Å². The molecule has 2 amide bonds. The highest BCUT2D eigenvalue weighted by Crippen LogP contribution is 2.34. The van der Waals surface area contributed by atoms with Gasteiger partial charge in [0.2, 0.25) is 0 Å². The van der Waals surface area contributed by atoms with Crippen LogP contribution in [0.25, 0.3) is 0 Å². The number of benzene rings is 1. The van der Waals surface area contributed by atoms with E-state index in [1.54, 1.807) is 6.92 Å². The Labute approximate surface area is 118 Å². The van der Waals surface area contributed by atoms with Crippen LogP contribution in [-0.2, 0) is 14.4 Å². The third kappa shape index (κ3) is 2.16. The molecule has 2 rings (SSSR count). The fraction of sp³-hybridized carbons (Fsp3) is 0.154. The first-order valence-corrected chi connectivity index (χ1v) is 5.83. The lowest BCUT2D eigenvalue weighted by atomic mass is 10.1. The van der Waals surface area contributed by atoms with Crippen LogP contribution in [0.15, 0.2) is 29.5 Å². The number of carbonyl (C=O) groups excluding carboxylic acids is 3. The molecule has 1 N–H and O–H groups in total. The fourth-order valence-electron chi connectivity index (χ4n) is 2.02. The molecule has 21 heavy (non-hydrogen) atoms. The van der Waals surface area contributed by atoms with Crippen molar-refractivity contribution in [3.63, 3.8) is 0 Å². The summed E-state index contributed by atoms with van der Waals surface area (Å²) in [5.74, 6) is -4.01. The maximum absolute atomic E-state index is 12.1. The number of nitro groups is 1. The van der Waals surface area contributed by atoms with Gasteiger partial charge < -0.3 is 5.11 Å². The third-order valence-corrected chi connectivity index (χ3v) is 2.98. The molecule has 0 saturated carbocycles. The zero-order valence-corrected chi connectivity index (χ0v) is 11.1. The minimum Gasteiger partial charge on any atom is -0.502 e. The molecule has 0 unspecified atom stereocenters. The first-order chi connectivity index (χ1) is 9.75. The molecule has 1 aromatic rings. The molecule has 0 radical (unpaired) electrons. The number of nitrogens with zero attached hydrogens (tertiary/aromatic N) is 2. The Hall–Kier alpha value is -3.03. The van der Waals surface area contributed by atoms with Crippen molar-refractivity contribution in [1.82, 2.24) is 0 Å². The normalized spacial score (nSPS) is 14.9. The van der Waals surface area contributed by atoms with Crippen molar-refractivity contribution in [2.75, 3.05) is 4.90 Å². The van der Waals surface area contributed by atoms with Gasteiger partial charge in [-0.15, -0.1) is 0 Å². The van der Waals surface area contributed by atoms with Crippen LogP contribution in [0.1, 0.15) is 12.5 Å². The van der Waals surface area contributed by atoms with Gasteiger partial charge in [0.05, 0.1) is 4.92 Å². The minimum atomic E-state index is -1.16. The number of rotatable bonds is 3. The van der Waals surface area contributed by atoms with E-state index < -0.39 is 39.5 Å². The molecule has 0 aliphatic carbocycles. The van der Waals surface area contributed by atoms with Crippen molar-refractivity contribution < 1.29 is 24.4 Å². The third-order valence-electron chi connectivity index (χ3n) is 2.98. The molecule has 0 aromatic heterocycles. The van der Waals surface area contributed by atoms with Gasteiger partial charge in [-0.1, -0.05) is 6.07 Å². The van der Waals surface area contributed by atoms with Gasteiger partial charge in [-0.3, -0.25) is 24.5 Å². The second-order valence-corrected chi connectivity index (χ2v) is 4.47. The molecule has 108 valence electrons. The first-order valence-electron chi connectivity index (χ1n) is 5.83. The zero-order valence-electron chi connectivity index (χ0n) is 11.1. The average Bonchev–Trinajstić information content (AvgIpc) is 2.61. The summed E-state index contributed by atoms with van der Waals surface area (Å²) in [6.07, 6.45) is 0. The van der Waals surface area contributed by atoms with Crippen LogP contribution >= 0.6 is 0 Å². The van der Waals surface area contributed by atoms with E-state index in [0.717, 1.165) is 6.92 Å². The van der Waals surface area contributed by atoms with Crippen molar-refractivity contribution in [2.24, 2.45) is 0 Å². The van der Waals surface area contributed by atoms with E-state index in [9.17, 15) is 29.6 Å². The average molecular weight is 290 g/mol. The van der Waals surface area contributed by atoms with Crippen LogP contribution in [0.3, 0.4) is 0 Å². The van der Waals surface area contributed by atoms with Crippen LogP contribution in [-0.4, -0.2) is 27.6 Å². The highest BCUT2D eigenvalue weighted by molar-refractivity contribution is 6.40. The summed E-state index contributed by atoms with van der Waals surface area (Å²) in [4.78, 5) is 46.0. The van der Waals surface area contributed by atoms with E-state index >= 15 is 0 Å². The predicted molar refractivity (Wildman–Crippen MR) is 70.7 cm³/mol. The number of ketones is 1. The molecule has 1 aliphatic rings. The molecular formula is C13H10N2O6. The number of aliphatic hydroxyl groups is 1. The minimum absolute atomic E-state index is 0.289. The van der Waals surface area contributed by atoms with Crippen molar-refractivity contribution in [1.29, 1.82) is 0 Å². The van der Waals surface area contributed by atoms with Gasteiger partial charge in [0.15, 0.2) is 11.5 Å². The van der Waals surface area contributed by atoms with Crippen molar-refractivity contribution >= 4 is 29.0 Å². The van der Waals surface area contributed by atoms with Crippen LogP contribution in [0.4, 0.5) is 11.4 Å². The Morgan fingerprint density at radius 2 is 1.90 bits per heavy atom. The summed E-state index contributed by atoms with van der Waals surface area (Å²) in [6, 6.07) is 3.89. The largest absolute Gasteiger partial charge is 0.502 e. The van der Waals surface area contributed by atoms with Gasteiger partial charge in [0.25, 0.3) is 11.6 Å². The number of anilines is 1. The maximum atomic E-state index is 12.1. The summed E-state index contributed by atoms with van der Waals surface area (Å²) in [5.41, 5.74) is -0.860. The topological polar surface area (TPSA) is 118 Å². The molecule has 1 heterocycles. The van der Waals surface area contributed by atoms with Crippen LogP contribution < -0.4 is 4.90 Å². The Balaban J connectivity index is 2.61. The van der Waals surface area contributed by atoms with Crippen LogP contribution in [0.5, 0.6) is 0 Å². The number of aryl methyl sites for hydroxylation is 1. The molecule has 0 fully saturated rings. The standard InChI is InChI=1S/C13H10N2O6/c1-6-3-4-8(9(5-6)15(20)21)14-12(18)10(7(2)16)11(17)13(14)19/h3-5,17H,1-2H3.